The van der Waals surface area contributed by atoms with E-state index in [9.17, 15) is 14.4 Å². The molecule has 1 aliphatic heterocycles. The zero-order chi connectivity index (χ0) is 26.5. The topological polar surface area (TPSA) is 103 Å². The molecule has 1 saturated heterocycles. The summed E-state index contributed by atoms with van der Waals surface area (Å²) in [6.45, 7) is 4.58. The van der Waals surface area contributed by atoms with E-state index in [1.165, 1.54) is 30.2 Å². The van der Waals surface area contributed by atoms with Crippen LogP contribution in [0.3, 0.4) is 0 Å². The number of esters is 1. The van der Waals surface area contributed by atoms with Crippen molar-refractivity contribution in [1.29, 1.82) is 0 Å². The van der Waals surface area contributed by atoms with E-state index >= 15 is 0 Å². The number of thiophene rings is 1. The summed E-state index contributed by atoms with van der Waals surface area (Å²) >= 11 is 2.67. The predicted octanol–water partition coefficient (Wildman–Crippen LogP) is 3.85. The van der Waals surface area contributed by atoms with Gasteiger partial charge in [0.1, 0.15) is 4.70 Å². The summed E-state index contributed by atoms with van der Waals surface area (Å²) in [4.78, 5) is 45.8. The maximum Gasteiger partial charge on any atom is 0.339 e. The molecule has 11 heteroatoms. The Labute approximate surface area is 227 Å². The van der Waals surface area contributed by atoms with Crippen LogP contribution in [0, 0.1) is 0 Å². The lowest BCUT2D eigenvalue weighted by atomic mass is 10.2. The third kappa shape index (κ3) is 5.75. The average molecular weight is 553 g/mol. The number of rotatable bonds is 9. The van der Waals surface area contributed by atoms with E-state index in [1.54, 1.807) is 28.8 Å². The number of carbonyl (C=O) groups is 2. The van der Waals surface area contributed by atoms with Gasteiger partial charge in [-0.05, 0) is 24.6 Å². The van der Waals surface area contributed by atoms with Crippen LogP contribution in [0.1, 0.15) is 16.8 Å². The fourth-order valence-electron chi connectivity index (χ4n) is 4.43. The number of methoxy groups -OCH3 is 1. The smallest absolute Gasteiger partial charge is 0.339 e. The second-order valence-corrected chi connectivity index (χ2v) is 10.8. The standard InChI is InChI=1S/C27H28N4O5S2/c1-35-26(34)18-7-2-4-9-20(18)28-22(32)17-37-27-29-23-19-8-3-5-10-21(19)38-24(23)25(33)31(27)12-6-11-30-13-15-36-16-14-30/h2-5,7-10H,6,11-17H2,1H3,(H,28,32). The molecular formula is C27H28N4O5S2. The highest BCUT2D eigenvalue weighted by Crippen LogP contribution is 2.32. The van der Waals surface area contributed by atoms with Crippen LogP contribution in [0.2, 0.25) is 0 Å². The van der Waals surface area contributed by atoms with Crippen molar-refractivity contribution in [2.45, 2.75) is 18.1 Å². The van der Waals surface area contributed by atoms with E-state index in [0.717, 1.165) is 49.4 Å². The molecule has 1 aliphatic rings. The number of anilines is 1. The van der Waals surface area contributed by atoms with E-state index in [2.05, 4.69) is 10.2 Å². The number of hydrogen-bond donors (Lipinski definition) is 1. The number of aromatic nitrogens is 2. The minimum Gasteiger partial charge on any atom is -0.465 e. The van der Waals surface area contributed by atoms with Crippen molar-refractivity contribution in [3.8, 4) is 0 Å². The van der Waals surface area contributed by atoms with Crippen LogP contribution >= 0.6 is 23.1 Å². The molecule has 0 unspecified atom stereocenters. The number of ether oxygens (including phenoxy) is 2. The van der Waals surface area contributed by atoms with E-state index in [1.807, 2.05) is 24.3 Å². The SMILES string of the molecule is COC(=O)c1ccccc1NC(=O)CSc1nc2c(sc3ccccc32)c(=O)n1CCCN1CCOCC1. The number of morpholine rings is 1. The lowest BCUT2D eigenvalue weighted by Gasteiger charge is -2.26. The Morgan fingerprint density at radius 2 is 1.87 bits per heavy atom. The van der Waals surface area contributed by atoms with Gasteiger partial charge in [-0.15, -0.1) is 11.3 Å². The molecule has 3 heterocycles. The van der Waals surface area contributed by atoms with E-state index < -0.39 is 5.97 Å². The van der Waals surface area contributed by atoms with Crippen LogP contribution in [0.4, 0.5) is 5.69 Å². The summed E-state index contributed by atoms with van der Waals surface area (Å²) in [7, 11) is 1.30. The number of nitrogens with one attached hydrogen (secondary N) is 1. The van der Waals surface area contributed by atoms with Gasteiger partial charge in [0.05, 0.1) is 42.8 Å². The Morgan fingerprint density at radius 3 is 2.68 bits per heavy atom. The van der Waals surface area contributed by atoms with Crippen molar-refractivity contribution in [1.82, 2.24) is 14.5 Å². The van der Waals surface area contributed by atoms with Crippen molar-refractivity contribution in [2.75, 3.05) is 51.0 Å². The zero-order valence-electron chi connectivity index (χ0n) is 21.0. The summed E-state index contributed by atoms with van der Waals surface area (Å²) in [5.41, 5.74) is 1.23. The van der Waals surface area contributed by atoms with Crippen LogP contribution < -0.4 is 10.9 Å². The van der Waals surface area contributed by atoms with Gasteiger partial charge in [-0.25, -0.2) is 9.78 Å². The summed E-state index contributed by atoms with van der Waals surface area (Å²) in [6, 6.07) is 14.5. The maximum atomic E-state index is 13.6. The first-order chi connectivity index (χ1) is 18.5. The van der Waals surface area contributed by atoms with Gasteiger partial charge in [-0.2, -0.15) is 0 Å². The van der Waals surface area contributed by atoms with Crippen molar-refractivity contribution in [3.05, 3.63) is 64.4 Å². The average Bonchev–Trinajstić information content (AvgIpc) is 3.32. The molecule has 2 aromatic carbocycles. The summed E-state index contributed by atoms with van der Waals surface area (Å²) in [6.07, 6.45) is 0.782. The van der Waals surface area contributed by atoms with Crippen LogP contribution in [-0.2, 0) is 20.8 Å². The minimum absolute atomic E-state index is 0.0268. The number of nitrogens with zero attached hydrogens (tertiary/aromatic N) is 3. The lowest BCUT2D eigenvalue weighted by molar-refractivity contribution is -0.113. The second kappa shape index (κ2) is 12.1. The van der Waals surface area contributed by atoms with E-state index in [-0.39, 0.29) is 22.8 Å². The number of para-hydroxylation sites is 1. The van der Waals surface area contributed by atoms with Gasteiger partial charge in [0.15, 0.2) is 5.16 Å². The zero-order valence-corrected chi connectivity index (χ0v) is 22.6. The summed E-state index contributed by atoms with van der Waals surface area (Å²) in [5.74, 6) is -0.811. The monoisotopic (exact) mass is 552 g/mol. The molecule has 0 spiro atoms. The fourth-order valence-corrected chi connectivity index (χ4v) is 6.34. The van der Waals surface area contributed by atoms with Gasteiger partial charge < -0.3 is 14.8 Å². The largest absolute Gasteiger partial charge is 0.465 e. The molecule has 0 aliphatic carbocycles. The Bertz CT molecular complexity index is 1530. The molecule has 1 fully saturated rings. The Kier molecular flexibility index (Phi) is 8.38. The molecule has 2 aromatic heterocycles. The first kappa shape index (κ1) is 26.4. The highest BCUT2D eigenvalue weighted by Gasteiger charge is 2.19. The second-order valence-electron chi connectivity index (χ2n) is 8.81. The minimum atomic E-state index is -0.529. The number of amides is 1. The Morgan fingerprint density at radius 1 is 1.11 bits per heavy atom. The molecule has 0 radical (unpaired) electrons. The quantitative estimate of drug-likeness (QED) is 0.190. The van der Waals surface area contributed by atoms with Crippen molar-refractivity contribution in [2.24, 2.45) is 0 Å². The molecule has 0 atom stereocenters. The van der Waals surface area contributed by atoms with E-state index in [0.29, 0.717) is 27.6 Å². The molecule has 0 bridgehead atoms. The normalized spacial score (nSPS) is 14.1. The van der Waals surface area contributed by atoms with Crippen molar-refractivity contribution < 1.29 is 19.1 Å². The number of thioether (sulfide) groups is 1. The third-order valence-electron chi connectivity index (χ3n) is 6.35. The molecule has 0 saturated carbocycles. The number of carbonyl (C=O) groups excluding carboxylic acids is 2. The number of hydrogen-bond acceptors (Lipinski definition) is 9. The summed E-state index contributed by atoms with van der Waals surface area (Å²) in [5, 5.41) is 4.22. The van der Waals surface area contributed by atoms with Crippen molar-refractivity contribution in [3.63, 3.8) is 0 Å². The maximum absolute atomic E-state index is 13.6. The van der Waals surface area contributed by atoms with Crippen LogP contribution in [0.25, 0.3) is 20.3 Å². The summed E-state index contributed by atoms with van der Waals surface area (Å²) < 4.78 is 13.6. The Balaban J connectivity index is 1.38. The molecule has 9 nitrogen and oxygen atoms in total. The highest BCUT2D eigenvalue weighted by molar-refractivity contribution is 7.99. The van der Waals surface area contributed by atoms with Gasteiger partial charge in [-0.1, -0.05) is 42.1 Å². The van der Waals surface area contributed by atoms with Crippen LogP contribution in [-0.4, -0.2) is 72.0 Å². The van der Waals surface area contributed by atoms with Gasteiger partial charge in [0.2, 0.25) is 5.91 Å². The lowest BCUT2D eigenvalue weighted by Crippen LogP contribution is -2.37. The number of benzene rings is 2. The van der Waals surface area contributed by atoms with Crippen LogP contribution in [0.5, 0.6) is 0 Å². The molecule has 4 aromatic rings. The molecule has 5 rings (SSSR count). The van der Waals surface area contributed by atoms with Crippen LogP contribution in [0.15, 0.2) is 58.5 Å². The molecule has 1 N–H and O–H groups in total. The molecule has 198 valence electrons. The van der Waals surface area contributed by atoms with Gasteiger partial charge in [-0.3, -0.25) is 19.1 Å². The molecular weight excluding hydrogens is 524 g/mol. The fraction of sp³-hybridized carbons (Fsp3) is 0.333. The first-order valence-electron chi connectivity index (χ1n) is 12.4. The third-order valence-corrected chi connectivity index (χ3v) is 8.47. The molecule has 1 amide bonds. The van der Waals surface area contributed by atoms with E-state index in [4.69, 9.17) is 14.5 Å². The highest BCUT2D eigenvalue weighted by atomic mass is 32.2. The van der Waals surface area contributed by atoms with Gasteiger partial charge in [0.25, 0.3) is 5.56 Å². The van der Waals surface area contributed by atoms with Crippen molar-refractivity contribution >= 4 is 61.0 Å². The number of fused-ring (bicyclic) bond motifs is 3. The molecule has 38 heavy (non-hydrogen) atoms. The Hall–Kier alpha value is -3.25. The predicted molar refractivity (Wildman–Crippen MR) is 150 cm³/mol. The van der Waals surface area contributed by atoms with Gasteiger partial charge >= 0.3 is 5.97 Å². The van der Waals surface area contributed by atoms with Gasteiger partial charge in [0, 0.05) is 36.3 Å². The first-order valence-corrected chi connectivity index (χ1v) is 14.2.